The van der Waals surface area contributed by atoms with Crippen LogP contribution in [-0.4, -0.2) is 29.7 Å². The quantitative estimate of drug-likeness (QED) is 0.540. The molecule has 4 nitrogen and oxygen atoms in total. The van der Waals surface area contributed by atoms with E-state index in [1.54, 1.807) is 27.7 Å². The van der Waals surface area contributed by atoms with Crippen molar-refractivity contribution in [3.05, 3.63) is 0 Å². The van der Waals surface area contributed by atoms with Crippen LogP contribution in [-0.2, 0) is 4.79 Å². The third-order valence-corrected chi connectivity index (χ3v) is 2.15. The van der Waals surface area contributed by atoms with Crippen molar-refractivity contribution in [3.63, 3.8) is 0 Å². The van der Waals surface area contributed by atoms with Crippen LogP contribution in [0.5, 0.6) is 0 Å². The Morgan fingerprint density at radius 3 is 2.21 bits per heavy atom. The van der Waals surface area contributed by atoms with Gasteiger partial charge in [-0.1, -0.05) is 0 Å². The van der Waals surface area contributed by atoms with Gasteiger partial charge in [0, 0.05) is 6.54 Å². The van der Waals surface area contributed by atoms with Crippen LogP contribution in [0.15, 0.2) is 0 Å². The molecule has 0 aromatic rings. The summed E-state index contributed by atoms with van der Waals surface area (Å²) in [7, 11) is 0. The minimum absolute atomic E-state index is 0.312. The number of nitrogens with one attached hydrogen (secondary N) is 1. The highest BCUT2D eigenvalue weighted by atomic mass is 16.3. The van der Waals surface area contributed by atoms with E-state index in [9.17, 15) is 9.90 Å². The van der Waals surface area contributed by atoms with Crippen molar-refractivity contribution >= 4 is 5.91 Å². The molecule has 14 heavy (non-hydrogen) atoms. The van der Waals surface area contributed by atoms with Gasteiger partial charge in [-0.15, -0.1) is 0 Å². The fourth-order valence-electron chi connectivity index (χ4n) is 0.882. The maximum atomic E-state index is 10.9. The number of carbonyl (C=O) groups excluding carboxylic acids is 1. The molecule has 0 fully saturated rings. The Morgan fingerprint density at radius 2 is 1.86 bits per heavy atom. The lowest BCUT2D eigenvalue weighted by Gasteiger charge is -2.22. The van der Waals surface area contributed by atoms with Gasteiger partial charge in [-0.2, -0.15) is 0 Å². The first-order valence-corrected chi connectivity index (χ1v) is 4.88. The molecule has 0 aliphatic heterocycles. The highest BCUT2D eigenvalue weighted by molar-refractivity contribution is 5.80. The van der Waals surface area contributed by atoms with Crippen LogP contribution in [0.4, 0.5) is 0 Å². The molecule has 4 heteroatoms. The molecule has 0 aromatic carbocycles. The highest BCUT2D eigenvalue weighted by Gasteiger charge is 2.24. The zero-order valence-corrected chi connectivity index (χ0v) is 9.55. The normalized spacial score (nSPS) is 12.9. The number of primary amides is 1. The van der Waals surface area contributed by atoms with Gasteiger partial charge >= 0.3 is 0 Å². The molecule has 0 heterocycles. The van der Waals surface area contributed by atoms with Gasteiger partial charge in [0.05, 0.1) is 11.0 Å². The third kappa shape index (κ3) is 5.94. The summed E-state index contributed by atoms with van der Waals surface area (Å²) in [5.41, 5.74) is 4.02. The minimum atomic E-state index is -0.663. The van der Waals surface area contributed by atoms with Crippen molar-refractivity contribution in [1.29, 1.82) is 0 Å². The number of amides is 1. The molecular formula is C10H22N2O2. The molecule has 0 aromatic heterocycles. The van der Waals surface area contributed by atoms with Crippen molar-refractivity contribution in [2.75, 3.05) is 13.1 Å². The van der Waals surface area contributed by atoms with E-state index in [1.807, 2.05) is 0 Å². The molecule has 0 rings (SSSR count). The molecule has 0 radical (unpaired) electrons. The molecule has 0 spiro atoms. The van der Waals surface area contributed by atoms with Gasteiger partial charge in [-0.05, 0) is 40.7 Å². The SMILES string of the molecule is CC(C)(O)CCNCC(C)(C)C(N)=O. The predicted octanol–water partition coefficient (Wildman–Crippen LogP) is 0.249. The molecule has 0 saturated carbocycles. The van der Waals surface area contributed by atoms with Crippen molar-refractivity contribution in [3.8, 4) is 0 Å². The summed E-state index contributed by atoms with van der Waals surface area (Å²) in [5, 5.41) is 12.5. The van der Waals surface area contributed by atoms with Crippen molar-refractivity contribution < 1.29 is 9.90 Å². The Labute approximate surface area is 85.9 Å². The predicted molar refractivity (Wildman–Crippen MR) is 56.8 cm³/mol. The van der Waals surface area contributed by atoms with E-state index in [0.717, 1.165) is 0 Å². The van der Waals surface area contributed by atoms with Crippen LogP contribution in [0.3, 0.4) is 0 Å². The molecule has 0 aliphatic carbocycles. The van der Waals surface area contributed by atoms with Crippen molar-refractivity contribution in [1.82, 2.24) is 5.32 Å². The first kappa shape index (κ1) is 13.4. The van der Waals surface area contributed by atoms with Gasteiger partial charge in [0.2, 0.25) is 5.91 Å². The first-order valence-electron chi connectivity index (χ1n) is 4.88. The fraction of sp³-hybridized carbons (Fsp3) is 0.900. The van der Waals surface area contributed by atoms with Gasteiger partial charge < -0.3 is 16.2 Å². The van der Waals surface area contributed by atoms with E-state index in [-0.39, 0.29) is 5.91 Å². The van der Waals surface area contributed by atoms with E-state index >= 15 is 0 Å². The number of carbonyl (C=O) groups is 1. The molecule has 0 unspecified atom stereocenters. The molecule has 0 atom stereocenters. The van der Waals surface area contributed by atoms with Crippen LogP contribution in [0.25, 0.3) is 0 Å². The zero-order valence-electron chi connectivity index (χ0n) is 9.55. The molecule has 0 aliphatic rings. The van der Waals surface area contributed by atoms with Crippen LogP contribution < -0.4 is 11.1 Å². The summed E-state index contributed by atoms with van der Waals surface area (Å²) in [6.45, 7) is 8.33. The lowest BCUT2D eigenvalue weighted by molar-refractivity contribution is -0.125. The Balaban J connectivity index is 3.70. The van der Waals surface area contributed by atoms with Gasteiger partial charge in [0.25, 0.3) is 0 Å². The molecule has 1 amide bonds. The number of nitrogens with two attached hydrogens (primary N) is 1. The van der Waals surface area contributed by atoms with Gasteiger partial charge in [0.1, 0.15) is 0 Å². The Hall–Kier alpha value is -0.610. The van der Waals surface area contributed by atoms with Gasteiger partial charge in [0.15, 0.2) is 0 Å². The third-order valence-electron chi connectivity index (χ3n) is 2.15. The summed E-state index contributed by atoms with van der Waals surface area (Å²) in [6, 6.07) is 0. The second kappa shape index (κ2) is 4.75. The molecule has 4 N–H and O–H groups in total. The average Bonchev–Trinajstić information content (AvgIpc) is 1.96. The highest BCUT2D eigenvalue weighted by Crippen LogP contribution is 2.12. The molecule has 0 bridgehead atoms. The van der Waals surface area contributed by atoms with Crippen LogP contribution in [0.2, 0.25) is 0 Å². The summed E-state index contributed by atoms with van der Waals surface area (Å²) >= 11 is 0. The molecule has 0 saturated heterocycles. The largest absolute Gasteiger partial charge is 0.390 e. The summed E-state index contributed by atoms with van der Waals surface area (Å²) in [4.78, 5) is 10.9. The Kier molecular flexibility index (Phi) is 4.55. The van der Waals surface area contributed by atoms with Crippen molar-refractivity contribution in [2.45, 2.75) is 39.7 Å². The topological polar surface area (TPSA) is 75.3 Å². The fourth-order valence-corrected chi connectivity index (χ4v) is 0.882. The minimum Gasteiger partial charge on any atom is -0.390 e. The zero-order chi connectivity index (χ0) is 11.4. The summed E-state index contributed by atoms with van der Waals surface area (Å²) in [6.07, 6.45) is 0.655. The standard InChI is InChI=1S/C10H22N2O2/c1-9(2,8(11)13)7-12-6-5-10(3,4)14/h12,14H,5-7H2,1-4H3,(H2,11,13). The average molecular weight is 202 g/mol. The van der Waals surface area contributed by atoms with Crippen LogP contribution in [0.1, 0.15) is 34.1 Å². The van der Waals surface area contributed by atoms with Gasteiger partial charge in [-0.3, -0.25) is 4.79 Å². The van der Waals surface area contributed by atoms with E-state index in [2.05, 4.69) is 5.32 Å². The number of aliphatic hydroxyl groups is 1. The van der Waals surface area contributed by atoms with E-state index in [4.69, 9.17) is 5.73 Å². The second-order valence-electron chi connectivity index (χ2n) is 4.99. The summed E-state index contributed by atoms with van der Waals surface area (Å²) < 4.78 is 0. The maximum Gasteiger partial charge on any atom is 0.224 e. The lowest BCUT2D eigenvalue weighted by Crippen LogP contribution is -2.41. The first-order chi connectivity index (χ1) is 6.15. The van der Waals surface area contributed by atoms with E-state index in [0.29, 0.717) is 19.5 Å². The second-order valence-corrected chi connectivity index (χ2v) is 4.99. The van der Waals surface area contributed by atoms with Gasteiger partial charge in [-0.25, -0.2) is 0 Å². The Morgan fingerprint density at radius 1 is 1.36 bits per heavy atom. The van der Waals surface area contributed by atoms with Crippen LogP contribution in [0, 0.1) is 5.41 Å². The number of rotatable bonds is 6. The van der Waals surface area contributed by atoms with E-state index < -0.39 is 11.0 Å². The lowest BCUT2D eigenvalue weighted by atomic mass is 9.92. The maximum absolute atomic E-state index is 10.9. The van der Waals surface area contributed by atoms with Crippen LogP contribution >= 0.6 is 0 Å². The summed E-state index contributed by atoms with van der Waals surface area (Å²) in [5.74, 6) is -0.312. The van der Waals surface area contributed by atoms with Crippen molar-refractivity contribution in [2.24, 2.45) is 11.1 Å². The van der Waals surface area contributed by atoms with E-state index in [1.165, 1.54) is 0 Å². The molecular weight excluding hydrogens is 180 g/mol. The number of hydrogen-bond donors (Lipinski definition) is 3. The molecule has 84 valence electrons. The Bertz CT molecular complexity index is 195. The monoisotopic (exact) mass is 202 g/mol. The smallest absolute Gasteiger partial charge is 0.224 e. The number of hydrogen-bond acceptors (Lipinski definition) is 3.